The van der Waals surface area contributed by atoms with Gasteiger partial charge in [-0.2, -0.15) is 0 Å². The van der Waals surface area contributed by atoms with Gasteiger partial charge in [0.15, 0.2) is 18.1 Å². The molecule has 158 valence electrons. The van der Waals surface area contributed by atoms with Crippen molar-refractivity contribution in [2.24, 2.45) is 0 Å². The predicted molar refractivity (Wildman–Crippen MR) is 100 cm³/mol. The zero-order valence-corrected chi connectivity index (χ0v) is 15.7. The molecule has 0 aliphatic carbocycles. The van der Waals surface area contributed by atoms with Crippen molar-refractivity contribution >= 4 is 23.5 Å². The average Bonchev–Trinajstić information content (AvgIpc) is 3.00. The highest BCUT2D eigenvalue weighted by Gasteiger charge is 2.43. The molecule has 0 spiro atoms. The molecular weight excluding hydrogens is 402 g/mol. The zero-order chi connectivity index (χ0) is 21.6. The van der Waals surface area contributed by atoms with Gasteiger partial charge in [0.05, 0.1) is 12.8 Å². The maximum Gasteiger partial charge on any atom is 0.586 e. The number of hydrogen-bond acceptors (Lipinski definition) is 6. The van der Waals surface area contributed by atoms with Crippen LogP contribution in [0.4, 0.5) is 14.5 Å². The Kier molecular flexibility index (Phi) is 6.45. The summed E-state index contributed by atoms with van der Waals surface area (Å²) in [5.74, 6) is -1.95. The fourth-order valence-corrected chi connectivity index (χ4v) is 2.59. The SMILES string of the molecule is O=C(Cc1ccccc1)NCCC(=O)OCC(=O)Nc1ccc2c(c1)OC(F)(F)O2. The first kappa shape index (κ1) is 21.0. The van der Waals surface area contributed by atoms with Gasteiger partial charge in [-0.3, -0.25) is 14.4 Å². The number of benzene rings is 2. The summed E-state index contributed by atoms with van der Waals surface area (Å²) < 4.78 is 39.3. The molecule has 1 aliphatic rings. The van der Waals surface area contributed by atoms with E-state index in [1.54, 1.807) is 0 Å². The third kappa shape index (κ3) is 6.16. The van der Waals surface area contributed by atoms with Gasteiger partial charge >= 0.3 is 12.3 Å². The minimum atomic E-state index is -3.75. The highest BCUT2D eigenvalue weighted by atomic mass is 19.3. The predicted octanol–water partition coefficient (Wildman–Crippen LogP) is 2.24. The largest absolute Gasteiger partial charge is 0.586 e. The molecule has 0 saturated carbocycles. The van der Waals surface area contributed by atoms with Crippen LogP contribution >= 0.6 is 0 Å². The maximum absolute atomic E-state index is 13.0. The standard InChI is InChI=1S/C20H18F2N2O6/c21-20(22)29-15-7-6-14(11-16(15)30-20)24-18(26)12-28-19(27)8-9-23-17(25)10-13-4-2-1-3-5-13/h1-7,11H,8-10,12H2,(H,23,25)(H,24,26). The van der Waals surface area contributed by atoms with Crippen LogP contribution in [0.1, 0.15) is 12.0 Å². The van der Waals surface area contributed by atoms with Gasteiger partial charge in [0.2, 0.25) is 5.91 Å². The molecule has 0 atom stereocenters. The van der Waals surface area contributed by atoms with Crippen LogP contribution in [-0.2, 0) is 25.5 Å². The number of hydrogen-bond donors (Lipinski definition) is 2. The first-order valence-corrected chi connectivity index (χ1v) is 8.97. The van der Waals surface area contributed by atoms with Gasteiger partial charge in [0.1, 0.15) is 0 Å². The van der Waals surface area contributed by atoms with Gasteiger partial charge in [-0.05, 0) is 17.7 Å². The summed E-state index contributed by atoms with van der Waals surface area (Å²) in [6.45, 7) is -0.496. The molecule has 0 aromatic heterocycles. The number of esters is 1. The lowest BCUT2D eigenvalue weighted by Crippen LogP contribution is -2.28. The molecule has 2 N–H and O–H groups in total. The highest BCUT2D eigenvalue weighted by molar-refractivity contribution is 5.93. The van der Waals surface area contributed by atoms with E-state index in [0.717, 1.165) is 11.6 Å². The van der Waals surface area contributed by atoms with Crippen molar-refractivity contribution in [1.82, 2.24) is 5.32 Å². The number of nitrogens with one attached hydrogen (secondary N) is 2. The minimum absolute atomic E-state index is 0.0719. The summed E-state index contributed by atoms with van der Waals surface area (Å²) in [5, 5.41) is 4.98. The number of carbonyl (C=O) groups excluding carboxylic acids is 3. The first-order chi connectivity index (χ1) is 14.3. The number of amides is 2. The van der Waals surface area contributed by atoms with Gasteiger partial charge in [-0.1, -0.05) is 30.3 Å². The Hall–Kier alpha value is -3.69. The average molecular weight is 420 g/mol. The van der Waals surface area contributed by atoms with Crippen molar-refractivity contribution in [3.8, 4) is 11.5 Å². The van der Waals surface area contributed by atoms with E-state index in [2.05, 4.69) is 20.1 Å². The molecule has 30 heavy (non-hydrogen) atoms. The maximum atomic E-state index is 13.0. The van der Waals surface area contributed by atoms with E-state index in [4.69, 9.17) is 4.74 Å². The van der Waals surface area contributed by atoms with Crippen LogP contribution < -0.4 is 20.1 Å². The quantitative estimate of drug-likeness (QED) is 0.635. The van der Waals surface area contributed by atoms with E-state index < -0.39 is 24.8 Å². The van der Waals surface area contributed by atoms with Crippen LogP contribution in [0.3, 0.4) is 0 Å². The van der Waals surface area contributed by atoms with Crippen molar-refractivity contribution in [3.63, 3.8) is 0 Å². The smallest absolute Gasteiger partial charge is 0.456 e. The van der Waals surface area contributed by atoms with Gasteiger partial charge in [0.25, 0.3) is 5.91 Å². The summed E-state index contributed by atoms with van der Waals surface area (Å²) in [4.78, 5) is 35.3. The van der Waals surface area contributed by atoms with Crippen LogP contribution in [-0.4, -0.2) is 37.2 Å². The van der Waals surface area contributed by atoms with E-state index >= 15 is 0 Å². The first-order valence-electron chi connectivity index (χ1n) is 8.97. The number of carbonyl (C=O) groups is 3. The van der Waals surface area contributed by atoms with E-state index in [0.29, 0.717) is 0 Å². The van der Waals surface area contributed by atoms with Crippen LogP contribution in [0.25, 0.3) is 0 Å². The van der Waals surface area contributed by atoms with E-state index in [1.807, 2.05) is 30.3 Å². The number of rotatable bonds is 8. The molecule has 10 heteroatoms. The van der Waals surface area contributed by atoms with Gasteiger partial charge < -0.3 is 24.8 Å². The fraction of sp³-hybridized carbons (Fsp3) is 0.250. The summed E-state index contributed by atoms with van der Waals surface area (Å²) in [5.41, 5.74) is 1.02. The molecule has 0 saturated heterocycles. The van der Waals surface area contributed by atoms with E-state index in [9.17, 15) is 23.2 Å². The summed E-state index contributed by atoms with van der Waals surface area (Å²) in [6, 6.07) is 12.8. The Morgan fingerprint density at radius 1 is 0.967 bits per heavy atom. The number of ether oxygens (including phenoxy) is 3. The monoisotopic (exact) mass is 420 g/mol. The molecule has 0 unspecified atom stereocenters. The number of fused-ring (bicyclic) bond motifs is 1. The Labute approximate surface area is 170 Å². The minimum Gasteiger partial charge on any atom is -0.456 e. The Bertz CT molecular complexity index is 936. The van der Waals surface area contributed by atoms with Crippen LogP contribution in [0.2, 0.25) is 0 Å². The highest BCUT2D eigenvalue weighted by Crippen LogP contribution is 2.42. The normalized spacial score (nSPS) is 13.4. The van der Waals surface area contributed by atoms with Crippen LogP contribution in [0.15, 0.2) is 48.5 Å². The number of anilines is 1. The lowest BCUT2D eigenvalue weighted by atomic mass is 10.1. The third-order valence-corrected chi connectivity index (χ3v) is 3.91. The van der Waals surface area contributed by atoms with Crippen LogP contribution in [0, 0.1) is 0 Å². The van der Waals surface area contributed by atoms with Crippen molar-refractivity contribution in [3.05, 3.63) is 54.1 Å². The molecule has 1 heterocycles. The topological polar surface area (TPSA) is 103 Å². The van der Waals surface area contributed by atoms with Crippen molar-refractivity contribution in [2.45, 2.75) is 19.1 Å². The second-order valence-corrected chi connectivity index (χ2v) is 6.30. The van der Waals surface area contributed by atoms with Crippen molar-refractivity contribution in [1.29, 1.82) is 0 Å². The zero-order valence-electron chi connectivity index (χ0n) is 15.7. The molecule has 1 aliphatic heterocycles. The summed E-state index contributed by atoms with van der Waals surface area (Å²) >= 11 is 0. The number of alkyl halides is 2. The Morgan fingerprint density at radius 3 is 2.47 bits per heavy atom. The molecule has 0 radical (unpaired) electrons. The second kappa shape index (κ2) is 9.21. The summed E-state index contributed by atoms with van der Waals surface area (Å²) in [6.07, 6.45) is -3.66. The fourth-order valence-electron chi connectivity index (χ4n) is 2.59. The molecule has 3 rings (SSSR count). The number of halogens is 2. The molecule has 0 bridgehead atoms. The Balaban J connectivity index is 1.34. The molecule has 0 fully saturated rings. The van der Waals surface area contributed by atoms with Crippen molar-refractivity contribution < 1.29 is 37.4 Å². The molecule has 8 nitrogen and oxygen atoms in total. The molecule has 2 amide bonds. The van der Waals surface area contributed by atoms with Crippen LogP contribution in [0.5, 0.6) is 11.5 Å². The molecule has 2 aromatic rings. The lowest BCUT2D eigenvalue weighted by molar-refractivity contribution is -0.286. The molecule has 2 aromatic carbocycles. The van der Waals surface area contributed by atoms with Gasteiger partial charge in [-0.25, -0.2) is 0 Å². The van der Waals surface area contributed by atoms with Crippen molar-refractivity contribution in [2.75, 3.05) is 18.5 Å². The van der Waals surface area contributed by atoms with E-state index in [-0.39, 0.29) is 42.5 Å². The van der Waals surface area contributed by atoms with Gasteiger partial charge in [-0.15, -0.1) is 8.78 Å². The summed E-state index contributed by atoms with van der Waals surface area (Å²) in [7, 11) is 0. The van der Waals surface area contributed by atoms with Gasteiger partial charge in [0, 0.05) is 18.3 Å². The second-order valence-electron chi connectivity index (χ2n) is 6.30. The molecular formula is C20H18F2N2O6. The lowest BCUT2D eigenvalue weighted by Gasteiger charge is -2.08. The third-order valence-electron chi connectivity index (χ3n) is 3.91. The van der Waals surface area contributed by atoms with E-state index in [1.165, 1.54) is 12.1 Å². The Morgan fingerprint density at radius 2 is 1.70 bits per heavy atom.